The fourth-order valence-electron chi connectivity index (χ4n) is 1.35. The maximum atomic E-state index is 5.82. The Morgan fingerprint density at radius 3 is 2.82 bits per heavy atom. The first kappa shape index (κ1) is 8.66. The molecule has 0 bridgehead atoms. The summed E-state index contributed by atoms with van der Waals surface area (Å²) in [7, 11) is 2.04. The van der Waals surface area contributed by atoms with Gasteiger partial charge in [-0.05, 0) is 24.6 Å². The smallest absolute Gasteiger partial charge is 0.0626 e. The van der Waals surface area contributed by atoms with Gasteiger partial charge in [-0.3, -0.25) is 0 Å². The minimum absolute atomic E-state index is 0.629. The second kappa shape index (κ2) is 3.82. The van der Waals surface area contributed by atoms with Gasteiger partial charge in [-0.25, -0.2) is 0 Å². The van der Waals surface area contributed by atoms with E-state index in [0.717, 1.165) is 12.8 Å². The summed E-state index contributed by atoms with van der Waals surface area (Å²) in [6, 6.07) is 0. The second-order valence-electron chi connectivity index (χ2n) is 2.74. The van der Waals surface area contributed by atoms with Crippen LogP contribution in [0.4, 0.5) is 0 Å². The average molecular weight is 172 g/mol. The van der Waals surface area contributed by atoms with E-state index in [4.69, 9.17) is 11.6 Å². The van der Waals surface area contributed by atoms with Gasteiger partial charge in [0.15, 0.2) is 0 Å². The van der Waals surface area contributed by atoms with Crippen LogP contribution in [0.25, 0.3) is 0 Å². The number of allylic oxidation sites excluding steroid dienone is 3. The quantitative estimate of drug-likeness (QED) is 0.578. The molecule has 0 radical (unpaired) electrons. The van der Waals surface area contributed by atoms with E-state index in [2.05, 4.69) is 24.1 Å². The third-order valence-electron chi connectivity index (χ3n) is 2.08. The van der Waals surface area contributed by atoms with Gasteiger partial charge in [-0.15, -0.1) is 11.6 Å². The van der Waals surface area contributed by atoms with Gasteiger partial charge in [0.1, 0.15) is 0 Å². The van der Waals surface area contributed by atoms with E-state index < -0.39 is 0 Å². The molecule has 11 heavy (non-hydrogen) atoms. The first-order valence-corrected chi connectivity index (χ1v) is 4.49. The van der Waals surface area contributed by atoms with Gasteiger partial charge in [-0.1, -0.05) is 13.0 Å². The lowest BCUT2D eigenvalue weighted by Gasteiger charge is -2.24. The van der Waals surface area contributed by atoms with Gasteiger partial charge in [-0.2, -0.15) is 0 Å². The standard InChI is InChI=1S/C9H14ClN/c1-3-8-5-4-6-11(2)9(8)7-10/h4,6H,3,5,7H2,1-2H3. The van der Waals surface area contributed by atoms with Crippen molar-refractivity contribution in [1.82, 2.24) is 4.90 Å². The lowest BCUT2D eigenvalue weighted by atomic mass is 10.1. The molecular weight excluding hydrogens is 158 g/mol. The molecule has 1 nitrogen and oxygen atoms in total. The Labute approximate surface area is 73.3 Å². The normalized spacial score (nSPS) is 17.9. The van der Waals surface area contributed by atoms with Crippen LogP contribution in [0, 0.1) is 0 Å². The van der Waals surface area contributed by atoms with Crippen molar-refractivity contribution in [2.75, 3.05) is 12.9 Å². The topological polar surface area (TPSA) is 3.24 Å². The Morgan fingerprint density at radius 2 is 2.36 bits per heavy atom. The second-order valence-corrected chi connectivity index (χ2v) is 3.00. The Morgan fingerprint density at radius 1 is 1.64 bits per heavy atom. The predicted octanol–water partition coefficient (Wildman–Crippen LogP) is 2.74. The van der Waals surface area contributed by atoms with Gasteiger partial charge >= 0.3 is 0 Å². The lowest BCUT2D eigenvalue weighted by molar-refractivity contribution is 0.543. The zero-order valence-corrected chi connectivity index (χ0v) is 7.86. The summed E-state index contributed by atoms with van der Waals surface area (Å²) in [6.07, 6.45) is 6.44. The Hall–Kier alpha value is -0.430. The van der Waals surface area contributed by atoms with Crippen molar-refractivity contribution >= 4 is 11.6 Å². The number of alkyl halides is 1. The molecular formula is C9H14ClN. The van der Waals surface area contributed by atoms with E-state index in [1.807, 2.05) is 7.05 Å². The molecule has 1 rings (SSSR count). The molecule has 0 spiro atoms. The van der Waals surface area contributed by atoms with Gasteiger partial charge in [0.2, 0.25) is 0 Å². The summed E-state index contributed by atoms with van der Waals surface area (Å²) in [6.45, 7) is 2.18. The van der Waals surface area contributed by atoms with Crippen LogP contribution in [0.2, 0.25) is 0 Å². The van der Waals surface area contributed by atoms with Crippen LogP contribution in [-0.4, -0.2) is 17.8 Å². The maximum absolute atomic E-state index is 5.82. The molecule has 1 aliphatic heterocycles. The van der Waals surface area contributed by atoms with Crippen LogP contribution in [-0.2, 0) is 0 Å². The molecule has 2 heteroatoms. The zero-order valence-electron chi connectivity index (χ0n) is 7.10. The lowest BCUT2D eigenvalue weighted by Crippen LogP contribution is -2.16. The minimum Gasteiger partial charge on any atom is -0.354 e. The molecule has 0 atom stereocenters. The van der Waals surface area contributed by atoms with E-state index in [-0.39, 0.29) is 0 Å². The fraction of sp³-hybridized carbons (Fsp3) is 0.556. The summed E-state index contributed by atoms with van der Waals surface area (Å²) in [5.74, 6) is 0.629. The van der Waals surface area contributed by atoms with Crippen molar-refractivity contribution in [3.8, 4) is 0 Å². The molecule has 0 fully saturated rings. The van der Waals surface area contributed by atoms with Gasteiger partial charge in [0, 0.05) is 12.7 Å². The van der Waals surface area contributed by atoms with Crippen molar-refractivity contribution in [1.29, 1.82) is 0 Å². The summed E-state index contributed by atoms with van der Waals surface area (Å²) >= 11 is 5.82. The Bertz CT molecular complexity index is 194. The Balaban J connectivity index is 2.81. The van der Waals surface area contributed by atoms with Crippen LogP contribution < -0.4 is 0 Å². The average Bonchev–Trinajstić information content (AvgIpc) is 2.04. The summed E-state index contributed by atoms with van der Waals surface area (Å²) in [5, 5.41) is 0. The summed E-state index contributed by atoms with van der Waals surface area (Å²) in [4.78, 5) is 2.11. The van der Waals surface area contributed by atoms with Crippen LogP contribution in [0.1, 0.15) is 19.8 Å². The highest BCUT2D eigenvalue weighted by molar-refractivity contribution is 6.19. The molecule has 0 aromatic heterocycles. The summed E-state index contributed by atoms with van der Waals surface area (Å²) < 4.78 is 0. The molecule has 1 heterocycles. The SMILES string of the molecule is CCC1=C(CCl)N(C)C=CC1. The van der Waals surface area contributed by atoms with Crippen LogP contribution >= 0.6 is 11.6 Å². The van der Waals surface area contributed by atoms with E-state index in [9.17, 15) is 0 Å². The highest BCUT2D eigenvalue weighted by Crippen LogP contribution is 2.21. The van der Waals surface area contributed by atoms with Crippen LogP contribution in [0.3, 0.4) is 0 Å². The fourth-order valence-corrected chi connectivity index (χ4v) is 1.72. The predicted molar refractivity (Wildman–Crippen MR) is 49.6 cm³/mol. The summed E-state index contributed by atoms with van der Waals surface area (Å²) in [5.41, 5.74) is 2.74. The van der Waals surface area contributed by atoms with Crippen molar-refractivity contribution in [2.45, 2.75) is 19.8 Å². The monoisotopic (exact) mass is 171 g/mol. The first-order valence-electron chi connectivity index (χ1n) is 3.96. The van der Waals surface area contributed by atoms with Crippen molar-refractivity contribution in [3.63, 3.8) is 0 Å². The molecule has 0 aromatic carbocycles. The molecule has 1 aliphatic rings. The number of hydrogen-bond acceptors (Lipinski definition) is 1. The number of rotatable bonds is 2. The molecule has 0 aromatic rings. The van der Waals surface area contributed by atoms with Gasteiger partial charge < -0.3 is 4.90 Å². The van der Waals surface area contributed by atoms with Crippen molar-refractivity contribution in [2.24, 2.45) is 0 Å². The molecule has 0 aliphatic carbocycles. The highest BCUT2D eigenvalue weighted by atomic mass is 35.5. The molecule has 0 saturated carbocycles. The highest BCUT2D eigenvalue weighted by Gasteiger charge is 2.09. The van der Waals surface area contributed by atoms with Crippen LogP contribution in [0.5, 0.6) is 0 Å². The maximum Gasteiger partial charge on any atom is 0.0626 e. The van der Waals surface area contributed by atoms with Gasteiger partial charge in [0.25, 0.3) is 0 Å². The Kier molecular flexibility index (Phi) is 3.01. The number of nitrogens with zero attached hydrogens (tertiary/aromatic N) is 1. The van der Waals surface area contributed by atoms with E-state index in [0.29, 0.717) is 5.88 Å². The number of halogens is 1. The largest absolute Gasteiger partial charge is 0.354 e. The third-order valence-corrected chi connectivity index (χ3v) is 2.33. The minimum atomic E-state index is 0.629. The first-order chi connectivity index (χ1) is 5.29. The zero-order chi connectivity index (χ0) is 8.27. The van der Waals surface area contributed by atoms with Crippen LogP contribution in [0.15, 0.2) is 23.5 Å². The number of hydrogen-bond donors (Lipinski definition) is 0. The molecule has 0 amide bonds. The van der Waals surface area contributed by atoms with E-state index in [1.54, 1.807) is 0 Å². The third kappa shape index (κ3) is 1.78. The van der Waals surface area contributed by atoms with Crippen molar-refractivity contribution < 1.29 is 0 Å². The van der Waals surface area contributed by atoms with E-state index in [1.165, 1.54) is 11.3 Å². The van der Waals surface area contributed by atoms with Gasteiger partial charge in [0.05, 0.1) is 5.88 Å². The van der Waals surface area contributed by atoms with Crippen molar-refractivity contribution in [3.05, 3.63) is 23.5 Å². The molecule has 0 N–H and O–H groups in total. The molecule has 0 saturated heterocycles. The van der Waals surface area contributed by atoms with E-state index >= 15 is 0 Å². The molecule has 62 valence electrons. The molecule has 0 unspecified atom stereocenters.